The van der Waals surface area contributed by atoms with Crippen molar-refractivity contribution >= 4 is 22.9 Å². The second-order valence-corrected chi connectivity index (χ2v) is 7.87. The van der Waals surface area contributed by atoms with Crippen molar-refractivity contribution in [2.45, 2.75) is 46.4 Å². The molecule has 23 heavy (non-hydrogen) atoms. The van der Waals surface area contributed by atoms with E-state index in [2.05, 4.69) is 29.6 Å². The fraction of sp³-hybridized carbons (Fsp3) is 0.750. The van der Waals surface area contributed by atoms with Gasteiger partial charge in [0.05, 0.1) is 18.1 Å². The Balaban J connectivity index is 2.35. The summed E-state index contributed by atoms with van der Waals surface area (Å²) >= 11 is 1.65. The fourth-order valence-electron chi connectivity index (χ4n) is 1.87. The number of aliphatic imine (C=N–C) groups is 1. The number of hydrogen-bond acceptors (Lipinski definition) is 6. The van der Waals surface area contributed by atoms with E-state index in [9.17, 15) is 9.90 Å². The number of nitrogens with zero attached hydrogens (tertiary/aromatic N) is 2. The van der Waals surface area contributed by atoms with Crippen molar-refractivity contribution in [1.82, 2.24) is 10.2 Å². The third-order valence-electron chi connectivity index (χ3n) is 3.07. The minimum Gasteiger partial charge on any atom is -0.444 e. The monoisotopic (exact) mass is 343 g/mol. The first kappa shape index (κ1) is 20.0. The van der Waals surface area contributed by atoms with E-state index in [1.807, 2.05) is 7.05 Å². The van der Waals surface area contributed by atoms with E-state index in [1.54, 1.807) is 37.4 Å². The first-order valence-electron chi connectivity index (χ1n) is 7.82. The smallest absolute Gasteiger partial charge is 0.407 e. The Morgan fingerprint density at radius 1 is 1.52 bits per heavy atom. The third-order valence-corrected chi connectivity index (χ3v) is 4.36. The van der Waals surface area contributed by atoms with Crippen LogP contribution in [0, 0.1) is 5.92 Å². The van der Waals surface area contributed by atoms with Crippen LogP contribution >= 0.6 is 11.8 Å². The highest BCUT2D eigenvalue weighted by molar-refractivity contribution is 8.16. The maximum absolute atomic E-state index is 11.6. The number of rotatable bonds is 6. The summed E-state index contributed by atoms with van der Waals surface area (Å²) in [6, 6.07) is 0. The molecule has 0 saturated heterocycles. The van der Waals surface area contributed by atoms with Crippen LogP contribution in [0.2, 0.25) is 0 Å². The Hall–Kier alpha value is -1.05. The van der Waals surface area contributed by atoms with Crippen molar-refractivity contribution in [2.24, 2.45) is 10.9 Å². The van der Waals surface area contributed by atoms with E-state index >= 15 is 0 Å². The normalized spacial score (nSPS) is 16.9. The predicted octanol–water partition coefficient (Wildman–Crippen LogP) is 2.45. The summed E-state index contributed by atoms with van der Waals surface area (Å²) in [7, 11) is 1.81. The van der Waals surface area contributed by atoms with Gasteiger partial charge in [-0.1, -0.05) is 25.6 Å². The van der Waals surface area contributed by atoms with Gasteiger partial charge >= 0.3 is 6.09 Å². The summed E-state index contributed by atoms with van der Waals surface area (Å²) in [5, 5.41) is 15.9. The van der Waals surface area contributed by atoms with Crippen LogP contribution in [0.3, 0.4) is 0 Å². The lowest BCUT2D eigenvalue weighted by Crippen LogP contribution is -2.44. The van der Waals surface area contributed by atoms with Crippen LogP contribution in [0.15, 0.2) is 16.0 Å². The molecule has 1 unspecified atom stereocenters. The molecule has 1 amide bonds. The Morgan fingerprint density at radius 3 is 2.65 bits per heavy atom. The van der Waals surface area contributed by atoms with E-state index < -0.39 is 17.9 Å². The number of alkyl carbamates (subject to hydrolysis) is 1. The second-order valence-electron chi connectivity index (χ2n) is 6.98. The molecule has 0 spiro atoms. The highest BCUT2D eigenvalue weighted by Crippen LogP contribution is 2.22. The molecular weight excluding hydrogens is 314 g/mol. The average molecular weight is 343 g/mol. The van der Waals surface area contributed by atoms with Crippen molar-refractivity contribution in [3.05, 3.63) is 11.0 Å². The van der Waals surface area contributed by atoms with Crippen molar-refractivity contribution in [2.75, 3.05) is 26.7 Å². The van der Waals surface area contributed by atoms with Crippen molar-refractivity contribution < 1.29 is 14.6 Å². The van der Waals surface area contributed by atoms with Crippen LogP contribution in [-0.2, 0) is 4.74 Å². The van der Waals surface area contributed by atoms with Gasteiger partial charge in [-0.05, 0) is 38.8 Å². The summed E-state index contributed by atoms with van der Waals surface area (Å²) in [5.74, 6) is 0.444. The number of aliphatic hydroxyl groups excluding tert-OH is 1. The SMILES string of the molecule is CC(C)C1=NCC(CN(C)C(O)CNC(=O)OC(C)(C)C)=CS1. The molecule has 0 aromatic carbocycles. The largest absolute Gasteiger partial charge is 0.444 e. The molecule has 0 aliphatic carbocycles. The standard InChI is InChI=1S/C16H29N3O3S/c1-11(2)14-17-7-12(10-23-14)9-19(6)13(20)8-18-15(21)22-16(3,4)5/h10-11,13,20H,7-9H2,1-6H3,(H,18,21). The Morgan fingerprint density at radius 2 is 2.17 bits per heavy atom. The topological polar surface area (TPSA) is 74.2 Å². The van der Waals surface area contributed by atoms with Gasteiger partial charge in [-0.2, -0.15) is 0 Å². The van der Waals surface area contributed by atoms with Gasteiger partial charge in [0.1, 0.15) is 11.8 Å². The second kappa shape index (κ2) is 8.70. The number of amides is 1. The van der Waals surface area contributed by atoms with Gasteiger partial charge in [0.25, 0.3) is 0 Å². The molecule has 132 valence electrons. The van der Waals surface area contributed by atoms with Crippen LogP contribution in [0.25, 0.3) is 0 Å². The van der Waals surface area contributed by atoms with E-state index in [4.69, 9.17) is 4.74 Å². The number of thioether (sulfide) groups is 1. The predicted molar refractivity (Wildman–Crippen MR) is 95.7 cm³/mol. The molecule has 0 aromatic rings. The van der Waals surface area contributed by atoms with Gasteiger partial charge in [-0.3, -0.25) is 9.89 Å². The summed E-state index contributed by atoms with van der Waals surface area (Å²) in [4.78, 5) is 17.9. The molecule has 0 aromatic heterocycles. The van der Waals surface area contributed by atoms with Crippen LogP contribution < -0.4 is 5.32 Å². The Labute approximate surface area is 143 Å². The lowest BCUT2D eigenvalue weighted by atomic mass is 10.2. The van der Waals surface area contributed by atoms with Gasteiger partial charge in [-0.15, -0.1) is 0 Å². The molecule has 1 aliphatic heterocycles. The zero-order chi connectivity index (χ0) is 17.6. The maximum Gasteiger partial charge on any atom is 0.407 e. The number of aliphatic hydroxyl groups is 1. The first-order chi connectivity index (χ1) is 10.6. The van der Waals surface area contributed by atoms with E-state index in [1.165, 1.54) is 0 Å². The average Bonchev–Trinajstić information content (AvgIpc) is 2.43. The number of hydrogen-bond donors (Lipinski definition) is 2. The molecule has 1 atom stereocenters. The highest BCUT2D eigenvalue weighted by Gasteiger charge is 2.19. The lowest BCUT2D eigenvalue weighted by Gasteiger charge is -2.26. The van der Waals surface area contributed by atoms with Crippen LogP contribution in [-0.4, -0.2) is 59.7 Å². The van der Waals surface area contributed by atoms with Gasteiger partial charge < -0.3 is 15.2 Å². The summed E-state index contributed by atoms with van der Waals surface area (Å²) in [6.07, 6.45) is -1.30. The lowest BCUT2D eigenvalue weighted by molar-refractivity contribution is 0.0185. The first-order valence-corrected chi connectivity index (χ1v) is 8.70. The molecule has 0 bridgehead atoms. The minimum absolute atomic E-state index is 0.117. The van der Waals surface area contributed by atoms with Crippen molar-refractivity contribution in [3.8, 4) is 0 Å². The fourth-order valence-corrected chi connectivity index (χ4v) is 2.72. The van der Waals surface area contributed by atoms with Crippen LogP contribution in [0.4, 0.5) is 4.79 Å². The van der Waals surface area contributed by atoms with Crippen LogP contribution in [0.5, 0.6) is 0 Å². The summed E-state index contributed by atoms with van der Waals surface area (Å²) in [6.45, 7) is 11.0. The van der Waals surface area contributed by atoms with Gasteiger partial charge in [0.2, 0.25) is 0 Å². The summed E-state index contributed by atoms with van der Waals surface area (Å²) in [5.41, 5.74) is 0.607. The molecule has 2 N–H and O–H groups in total. The van der Waals surface area contributed by atoms with E-state index in [0.29, 0.717) is 19.0 Å². The van der Waals surface area contributed by atoms with Crippen molar-refractivity contribution in [1.29, 1.82) is 0 Å². The molecule has 1 rings (SSSR count). The van der Waals surface area contributed by atoms with E-state index in [-0.39, 0.29) is 6.54 Å². The highest BCUT2D eigenvalue weighted by atomic mass is 32.2. The van der Waals surface area contributed by atoms with Crippen molar-refractivity contribution in [3.63, 3.8) is 0 Å². The summed E-state index contributed by atoms with van der Waals surface area (Å²) < 4.78 is 5.14. The molecule has 0 saturated carbocycles. The number of carbonyl (C=O) groups excluding carboxylic acids is 1. The third kappa shape index (κ3) is 7.85. The minimum atomic E-state index is -0.774. The number of ether oxygens (including phenoxy) is 1. The van der Waals surface area contributed by atoms with Gasteiger partial charge in [0, 0.05) is 12.5 Å². The Bertz CT molecular complexity index is 470. The number of likely N-dealkylation sites (N-methyl/N-ethyl adjacent to an activating group) is 1. The van der Waals surface area contributed by atoms with E-state index in [0.717, 1.165) is 10.6 Å². The Kier molecular flexibility index (Phi) is 7.57. The number of nitrogens with one attached hydrogen (secondary N) is 1. The zero-order valence-electron chi connectivity index (χ0n) is 14.9. The molecule has 1 heterocycles. The molecule has 6 nitrogen and oxygen atoms in total. The van der Waals surface area contributed by atoms with Crippen LogP contribution in [0.1, 0.15) is 34.6 Å². The molecule has 0 radical (unpaired) electrons. The van der Waals surface area contributed by atoms with Gasteiger partial charge in [-0.25, -0.2) is 4.79 Å². The molecule has 1 aliphatic rings. The van der Waals surface area contributed by atoms with Gasteiger partial charge in [0.15, 0.2) is 0 Å². The number of carbonyl (C=O) groups is 1. The molecular formula is C16H29N3O3S. The maximum atomic E-state index is 11.6. The molecule has 0 fully saturated rings. The quantitative estimate of drug-likeness (QED) is 0.725. The zero-order valence-corrected chi connectivity index (χ0v) is 15.7. The molecule has 7 heteroatoms.